The van der Waals surface area contributed by atoms with Crippen molar-refractivity contribution in [3.63, 3.8) is 0 Å². The fourth-order valence-corrected chi connectivity index (χ4v) is 2.53. The minimum atomic E-state index is -0.957. The second-order valence-corrected chi connectivity index (χ2v) is 6.55. The van der Waals surface area contributed by atoms with Crippen LogP contribution in [-0.2, 0) is 9.47 Å². The number of ether oxygens (including phenoxy) is 2. The summed E-state index contributed by atoms with van der Waals surface area (Å²) in [5.74, 6) is -2.66. The van der Waals surface area contributed by atoms with Crippen molar-refractivity contribution in [3.05, 3.63) is 34.4 Å². The Kier molecular flexibility index (Phi) is 7.63. The maximum atomic E-state index is 12.3. The molecule has 0 saturated carbocycles. The van der Waals surface area contributed by atoms with Gasteiger partial charge in [0.2, 0.25) is 11.5 Å². The second-order valence-electron chi connectivity index (χ2n) is 6.55. The van der Waals surface area contributed by atoms with Crippen LogP contribution in [0.4, 0.5) is 0 Å². The van der Waals surface area contributed by atoms with E-state index in [0.29, 0.717) is 12.8 Å². The zero-order valence-electron chi connectivity index (χ0n) is 17.3. The van der Waals surface area contributed by atoms with Crippen LogP contribution in [0, 0.1) is 11.8 Å². The molecule has 2 aromatic carbocycles. The van der Waals surface area contributed by atoms with Crippen molar-refractivity contribution in [2.24, 2.45) is 0 Å². The van der Waals surface area contributed by atoms with Crippen molar-refractivity contribution in [2.45, 2.75) is 26.7 Å². The third-order valence-corrected chi connectivity index (χ3v) is 4.14. The molecule has 0 aliphatic heterocycles. The van der Waals surface area contributed by atoms with Crippen LogP contribution in [0.2, 0.25) is 0 Å². The summed E-state index contributed by atoms with van der Waals surface area (Å²) in [4.78, 5) is 24.6. The van der Waals surface area contributed by atoms with Crippen LogP contribution in [0.3, 0.4) is 0 Å². The lowest BCUT2D eigenvalue weighted by Crippen LogP contribution is -2.09. The molecule has 0 amide bonds. The molecule has 2 aromatic rings. The standard InChI is InChI=1S/C22H22O10/c1-3-7-31-21(29)13-9-15(23)19(27)17(25)11(13)5-6-12-14(22(30)32-8-4-2)10-16(24)20(28)18(12)26/h9-10,23-28H,3-4,7-8H2,1-2H3. The zero-order valence-corrected chi connectivity index (χ0v) is 17.3. The van der Waals surface area contributed by atoms with Crippen LogP contribution in [0.25, 0.3) is 0 Å². The first-order valence-corrected chi connectivity index (χ1v) is 9.55. The highest BCUT2D eigenvalue weighted by atomic mass is 16.5. The van der Waals surface area contributed by atoms with E-state index in [1.54, 1.807) is 13.8 Å². The minimum Gasteiger partial charge on any atom is -0.504 e. The number of benzene rings is 2. The fourth-order valence-electron chi connectivity index (χ4n) is 2.53. The highest BCUT2D eigenvalue weighted by Crippen LogP contribution is 2.41. The number of carbonyl (C=O) groups is 2. The molecule has 10 heteroatoms. The predicted molar refractivity (Wildman–Crippen MR) is 110 cm³/mol. The lowest BCUT2D eigenvalue weighted by atomic mass is 10.0. The first-order valence-electron chi connectivity index (χ1n) is 9.55. The largest absolute Gasteiger partial charge is 0.504 e. The van der Waals surface area contributed by atoms with Crippen molar-refractivity contribution in [1.82, 2.24) is 0 Å². The average molecular weight is 446 g/mol. The van der Waals surface area contributed by atoms with Crippen LogP contribution in [0.15, 0.2) is 12.1 Å². The molecule has 0 aliphatic carbocycles. The summed E-state index contributed by atoms with van der Waals surface area (Å²) in [7, 11) is 0. The van der Waals surface area contributed by atoms with Gasteiger partial charge in [0.15, 0.2) is 23.0 Å². The maximum Gasteiger partial charge on any atom is 0.339 e. The molecule has 32 heavy (non-hydrogen) atoms. The van der Waals surface area contributed by atoms with Gasteiger partial charge in [-0.15, -0.1) is 0 Å². The summed E-state index contributed by atoms with van der Waals surface area (Å²) in [6, 6.07) is 1.67. The molecule has 0 radical (unpaired) electrons. The first-order chi connectivity index (χ1) is 15.1. The number of phenols is 6. The van der Waals surface area contributed by atoms with E-state index in [1.807, 2.05) is 0 Å². The molecule has 0 fully saturated rings. The third-order valence-electron chi connectivity index (χ3n) is 4.14. The van der Waals surface area contributed by atoms with Gasteiger partial charge in [-0.05, 0) is 25.0 Å². The number of aromatic hydroxyl groups is 6. The molecular formula is C22H22O10. The molecule has 0 unspecified atom stereocenters. The van der Waals surface area contributed by atoms with E-state index in [9.17, 15) is 40.2 Å². The van der Waals surface area contributed by atoms with Crippen molar-refractivity contribution >= 4 is 11.9 Å². The van der Waals surface area contributed by atoms with Crippen molar-refractivity contribution in [3.8, 4) is 46.3 Å². The highest BCUT2D eigenvalue weighted by molar-refractivity contribution is 5.96. The topological polar surface area (TPSA) is 174 Å². The van der Waals surface area contributed by atoms with Crippen molar-refractivity contribution < 1.29 is 49.7 Å². The summed E-state index contributed by atoms with van der Waals surface area (Å²) in [6.45, 7) is 3.57. The van der Waals surface area contributed by atoms with Gasteiger partial charge in [-0.25, -0.2) is 9.59 Å². The number of rotatable bonds is 6. The van der Waals surface area contributed by atoms with Gasteiger partial charge in [0, 0.05) is 0 Å². The van der Waals surface area contributed by atoms with E-state index < -0.39 is 68.7 Å². The molecule has 0 heterocycles. The molecule has 0 bridgehead atoms. The molecule has 0 aromatic heterocycles. The quantitative estimate of drug-likeness (QED) is 0.220. The van der Waals surface area contributed by atoms with E-state index in [1.165, 1.54) is 0 Å². The monoisotopic (exact) mass is 446 g/mol. The molecule has 2 rings (SSSR count). The Labute approximate surface area is 182 Å². The summed E-state index contributed by atoms with van der Waals surface area (Å²) < 4.78 is 9.96. The number of phenolic OH excluding ortho intramolecular Hbond substituents is 6. The molecular weight excluding hydrogens is 424 g/mol. The lowest BCUT2D eigenvalue weighted by Gasteiger charge is -2.11. The SMILES string of the molecule is CCCOC(=O)c1cc(O)c(O)c(O)c1C#Cc1c(C(=O)OCCC)cc(O)c(O)c1O. The minimum absolute atomic E-state index is 0.0359. The molecule has 170 valence electrons. The Morgan fingerprint density at radius 2 is 1.03 bits per heavy atom. The summed E-state index contributed by atoms with van der Waals surface area (Å²) >= 11 is 0. The van der Waals surface area contributed by atoms with E-state index in [0.717, 1.165) is 12.1 Å². The second kappa shape index (κ2) is 10.2. The maximum absolute atomic E-state index is 12.3. The number of hydrogen-bond donors (Lipinski definition) is 6. The van der Waals surface area contributed by atoms with Gasteiger partial charge in [0.1, 0.15) is 0 Å². The van der Waals surface area contributed by atoms with Gasteiger partial charge in [0.25, 0.3) is 0 Å². The normalized spacial score (nSPS) is 10.2. The number of hydrogen-bond acceptors (Lipinski definition) is 10. The van der Waals surface area contributed by atoms with Crippen LogP contribution in [0.5, 0.6) is 34.5 Å². The Hall–Kier alpha value is -4.26. The van der Waals surface area contributed by atoms with Gasteiger partial charge >= 0.3 is 11.9 Å². The molecule has 6 N–H and O–H groups in total. The van der Waals surface area contributed by atoms with Gasteiger partial charge in [-0.1, -0.05) is 25.7 Å². The van der Waals surface area contributed by atoms with Crippen LogP contribution >= 0.6 is 0 Å². The molecule has 0 atom stereocenters. The Bertz CT molecular complexity index is 1020. The van der Waals surface area contributed by atoms with Crippen molar-refractivity contribution in [2.75, 3.05) is 13.2 Å². The molecule has 0 saturated heterocycles. The van der Waals surface area contributed by atoms with E-state index >= 15 is 0 Å². The third kappa shape index (κ3) is 4.89. The molecule has 0 spiro atoms. The summed E-state index contributed by atoms with van der Waals surface area (Å²) in [5, 5.41) is 59.6. The van der Waals surface area contributed by atoms with Crippen LogP contribution in [-0.4, -0.2) is 55.8 Å². The van der Waals surface area contributed by atoms with E-state index in [-0.39, 0.29) is 13.2 Å². The average Bonchev–Trinajstić information content (AvgIpc) is 2.77. The van der Waals surface area contributed by atoms with Crippen LogP contribution in [0.1, 0.15) is 58.5 Å². The van der Waals surface area contributed by atoms with E-state index in [4.69, 9.17) is 9.47 Å². The smallest absolute Gasteiger partial charge is 0.339 e. The lowest BCUT2D eigenvalue weighted by molar-refractivity contribution is 0.0494. The molecule has 0 aliphatic rings. The van der Waals surface area contributed by atoms with Gasteiger partial charge in [-0.3, -0.25) is 0 Å². The van der Waals surface area contributed by atoms with Gasteiger partial charge < -0.3 is 40.1 Å². The zero-order chi connectivity index (χ0) is 24.0. The first kappa shape index (κ1) is 24.0. The Morgan fingerprint density at radius 3 is 1.34 bits per heavy atom. The Morgan fingerprint density at radius 1 is 0.688 bits per heavy atom. The number of carbonyl (C=O) groups excluding carboxylic acids is 2. The van der Waals surface area contributed by atoms with E-state index in [2.05, 4.69) is 11.8 Å². The Balaban J connectivity index is 2.70. The van der Waals surface area contributed by atoms with Gasteiger partial charge in [-0.2, -0.15) is 0 Å². The molecule has 10 nitrogen and oxygen atoms in total. The predicted octanol–water partition coefficient (Wildman–Crippen LogP) is 2.45. The summed E-state index contributed by atoms with van der Waals surface area (Å²) in [6.07, 6.45) is 0.985. The number of esters is 2. The fraction of sp³-hybridized carbons (Fsp3) is 0.273. The van der Waals surface area contributed by atoms with Crippen LogP contribution < -0.4 is 0 Å². The summed E-state index contributed by atoms with van der Waals surface area (Å²) in [5.41, 5.74) is -1.73. The van der Waals surface area contributed by atoms with Gasteiger partial charge in [0.05, 0.1) is 35.5 Å². The van der Waals surface area contributed by atoms with Crippen molar-refractivity contribution in [1.29, 1.82) is 0 Å². The highest BCUT2D eigenvalue weighted by Gasteiger charge is 2.24.